The number of likely N-dealkylation sites (N-methyl/N-ethyl adjacent to an activating group) is 1. The standard InChI is InChI=1S/C20H20Cl2N2O4/c1-24(12-18(25)23-20-14(21)5-4-6-15(20)22)19(26)10-8-13-7-9-16(27-2)17(11-13)28-3/h4-11H,12H2,1-3H3,(H,23,25)/b10-8+. The lowest BCUT2D eigenvalue weighted by Crippen LogP contribution is -2.34. The molecule has 8 heteroatoms. The lowest BCUT2D eigenvalue weighted by Gasteiger charge is -2.16. The molecule has 1 N–H and O–H groups in total. The van der Waals surface area contributed by atoms with Crippen molar-refractivity contribution in [2.24, 2.45) is 0 Å². The predicted molar refractivity (Wildman–Crippen MR) is 111 cm³/mol. The summed E-state index contributed by atoms with van der Waals surface area (Å²) in [6.07, 6.45) is 3.00. The summed E-state index contributed by atoms with van der Waals surface area (Å²) in [7, 11) is 4.61. The highest BCUT2D eigenvalue weighted by molar-refractivity contribution is 6.39. The molecule has 2 aromatic rings. The van der Waals surface area contributed by atoms with Gasteiger partial charge in [0.25, 0.3) is 0 Å². The maximum absolute atomic E-state index is 12.3. The van der Waals surface area contributed by atoms with E-state index in [1.807, 2.05) is 0 Å². The minimum atomic E-state index is -0.412. The molecule has 0 saturated carbocycles. The highest BCUT2D eigenvalue weighted by Gasteiger charge is 2.14. The van der Waals surface area contributed by atoms with Crippen molar-refractivity contribution in [3.8, 4) is 11.5 Å². The van der Waals surface area contributed by atoms with E-state index in [4.69, 9.17) is 32.7 Å². The lowest BCUT2D eigenvalue weighted by atomic mass is 10.2. The largest absolute Gasteiger partial charge is 0.493 e. The van der Waals surface area contributed by atoms with Crippen LogP contribution in [0, 0.1) is 0 Å². The maximum Gasteiger partial charge on any atom is 0.246 e. The number of carbonyl (C=O) groups is 2. The van der Waals surface area contributed by atoms with Crippen LogP contribution in [0.1, 0.15) is 5.56 Å². The number of anilines is 1. The first-order valence-corrected chi connectivity index (χ1v) is 9.00. The van der Waals surface area contributed by atoms with Crippen molar-refractivity contribution in [2.75, 3.05) is 33.1 Å². The number of carbonyl (C=O) groups excluding carboxylic acids is 2. The van der Waals surface area contributed by atoms with Crippen LogP contribution < -0.4 is 14.8 Å². The fourth-order valence-corrected chi connectivity index (χ4v) is 2.83. The summed E-state index contributed by atoms with van der Waals surface area (Å²) >= 11 is 12.1. The summed E-state index contributed by atoms with van der Waals surface area (Å²) in [4.78, 5) is 25.7. The highest BCUT2D eigenvalue weighted by atomic mass is 35.5. The Labute approximate surface area is 173 Å². The van der Waals surface area contributed by atoms with Gasteiger partial charge < -0.3 is 19.7 Å². The number of methoxy groups -OCH3 is 2. The fraction of sp³-hybridized carbons (Fsp3) is 0.200. The SMILES string of the molecule is COc1ccc(/C=C/C(=O)N(C)CC(=O)Nc2c(Cl)cccc2Cl)cc1OC. The number of para-hydroxylation sites is 1. The highest BCUT2D eigenvalue weighted by Crippen LogP contribution is 2.30. The Morgan fingerprint density at radius 2 is 1.71 bits per heavy atom. The molecule has 2 amide bonds. The number of nitrogens with one attached hydrogen (secondary N) is 1. The van der Waals surface area contributed by atoms with E-state index in [0.717, 1.165) is 5.56 Å². The second kappa shape index (κ2) is 10.0. The molecule has 0 aliphatic rings. The smallest absolute Gasteiger partial charge is 0.246 e. The van der Waals surface area contributed by atoms with Gasteiger partial charge in [-0.05, 0) is 35.9 Å². The fourth-order valence-electron chi connectivity index (χ4n) is 2.34. The van der Waals surface area contributed by atoms with E-state index in [1.165, 1.54) is 25.1 Å². The average molecular weight is 423 g/mol. The number of hydrogen-bond donors (Lipinski definition) is 1. The van der Waals surface area contributed by atoms with Gasteiger partial charge in [-0.1, -0.05) is 35.3 Å². The number of ether oxygens (including phenoxy) is 2. The van der Waals surface area contributed by atoms with Crippen molar-refractivity contribution in [1.82, 2.24) is 4.90 Å². The second-order valence-corrected chi connectivity index (χ2v) is 6.60. The second-order valence-electron chi connectivity index (χ2n) is 5.79. The van der Waals surface area contributed by atoms with Crippen LogP contribution in [0.4, 0.5) is 5.69 Å². The number of rotatable bonds is 7. The Hall–Kier alpha value is -2.70. The molecule has 0 aliphatic heterocycles. The zero-order chi connectivity index (χ0) is 20.7. The summed E-state index contributed by atoms with van der Waals surface area (Å²) in [6.45, 7) is -0.156. The van der Waals surface area contributed by atoms with Gasteiger partial charge in [0.2, 0.25) is 11.8 Å². The first-order valence-electron chi connectivity index (χ1n) is 8.24. The topological polar surface area (TPSA) is 67.9 Å². The van der Waals surface area contributed by atoms with Crippen LogP contribution in [0.2, 0.25) is 10.0 Å². The maximum atomic E-state index is 12.3. The minimum absolute atomic E-state index is 0.156. The Balaban J connectivity index is 1.98. The molecule has 28 heavy (non-hydrogen) atoms. The Kier molecular flexibility index (Phi) is 7.72. The minimum Gasteiger partial charge on any atom is -0.493 e. The molecule has 0 bridgehead atoms. The lowest BCUT2D eigenvalue weighted by molar-refractivity contribution is -0.129. The van der Waals surface area contributed by atoms with Gasteiger partial charge in [-0.3, -0.25) is 9.59 Å². The first-order chi connectivity index (χ1) is 13.3. The van der Waals surface area contributed by atoms with Crippen LogP contribution in [-0.4, -0.2) is 44.5 Å². The van der Waals surface area contributed by atoms with Crippen LogP contribution in [0.25, 0.3) is 6.08 Å². The van der Waals surface area contributed by atoms with Crippen LogP contribution in [0.15, 0.2) is 42.5 Å². The molecule has 0 atom stereocenters. The van der Waals surface area contributed by atoms with Crippen molar-refractivity contribution < 1.29 is 19.1 Å². The number of hydrogen-bond acceptors (Lipinski definition) is 4. The number of halogens is 2. The molecule has 0 fully saturated rings. The van der Waals surface area contributed by atoms with E-state index in [0.29, 0.717) is 27.2 Å². The monoisotopic (exact) mass is 422 g/mol. The van der Waals surface area contributed by atoms with Crippen LogP contribution >= 0.6 is 23.2 Å². The summed E-state index contributed by atoms with van der Waals surface area (Å²) in [6, 6.07) is 10.2. The zero-order valence-corrected chi connectivity index (χ0v) is 17.2. The molecule has 148 valence electrons. The van der Waals surface area contributed by atoms with E-state index in [1.54, 1.807) is 49.6 Å². The van der Waals surface area contributed by atoms with Gasteiger partial charge in [-0.25, -0.2) is 0 Å². The molecule has 6 nitrogen and oxygen atoms in total. The van der Waals surface area contributed by atoms with Crippen molar-refractivity contribution in [2.45, 2.75) is 0 Å². The molecule has 0 heterocycles. The van der Waals surface area contributed by atoms with E-state index < -0.39 is 5.91 Å². The molecular weight excluding hydrogens is 403 g/mol. The third kappa shape index (κ3) is 5.65. The van der Waals surface area contributed by atoms with Crippen LogP contribution in [0.3, 0.4) is 0 Å². The first kappa shape index (κ1) is 21.6. The molecule has 2 aromatic carbocycles. The van der Waals surface area contributed by atoms with Gasteiger partial charge in [0.15, 0.2) is 11.5 Å². The van der Waals surface area contributed by atoms with Gasteiger partial charge in [-0.2, -0.15) is 0 Å². The average Bonchev–Trinajstić information content (AvgIpc) is 2.68. The van der Waals surface area contributed by atoms with Gasteiger partial charge in [-0.15, -0.1) is 0 Å². The zero-order valence-electron chi connectivity index (χ0n) is 15.7. The van der Waals surface area contributed by atoms with Crippen LogP contribution in [0.5, 0.6) is 11.5 Å². The molecule has 0 aromatic heterocycles. The van der Waals surface area contributed by atoms with Crippen LogP contribution in [-0.2, 0) is 9.59 Å². The third-order valence-electron chi connectivity index (χ3n) is 3.81. The normalized spacial score (nSPS) is 10.6. The van der Waals surface area contributed by atoms with E-state index in [9.17, 15) is 9.59 Å². The van der Waals surface area contributed by atoms with Gasteiger partial charge in [0.05, 0.1) is 36.5 Å². The van der Waals surface area contributed by atoms with Gasteiger partial charge in [0.1, 0.15) is 0 Å². The summed E-state index contributed by atoms with van der Waals surface area (Å²) in [5.74, 6) is 0.403. The summed E-state index contributed by atoms with van der Waals surface area (Å²) < 4.78 is 10.4. The Morgan fingerprint density at radius 1 is 1.07 bits per heavy atom. The molecule has 0 spiro atoms. The number of nitrogens with zero attached hydrogens (tertiary/aromatic N) is 1. The van der Waals surface area contributed by atoms with Crippen molar-refractivity contribution >= 4 is 46.8 Å². The molecule has 0 aliphatic carbocycles. The molecule has 0 radical (unpaired) electrons. The molecule has 2 rings (SSSR count). The Morgan fingerprint density at radius 3 is 2.32 bits per heavy atom. The Bertz CT molecular complexity index is 880. The molecule has 0 saturated heterocycles. The molecule has 0 unspecified atom stereocenters. The van der Waals surface area contributed by atoms with Gasteiger partial charge >= 0.3 is 0 Å². The van der Waals surface area contributed by atoms with Crippen molar-refractivity contribution in [1.29, 1.82) is 0 Å². The molecular formula is C20H20Cl2N2O4. The van der Waals surface area contributed by atoms with E-state index >= 15 is 0 Å². The van der Waals surface area contributed by atoms with Crippen molar-refractivity contribution in [3.05, 3.63) is 58.1 Å². The van der Waals surface area contributed by atoms with E-state index in [-0.39, 0.29) is 12.5 Å². The quantitative estimate of drug-likeness (QED) is 0.681. The summed E-state index contributed by atoms with van der Waals surface area (Å²) in [5.41, 5.74) is 1.07. The van der Waals surface area contributed by atoms with Gasteiger partial charge in [0, 0.05) is 13.1 Å². The van der Waals surface area contributed by atoms with Crippen molar-refractivity contribution in [3.63, 3.8) is 0 Å². The third-order valence-corrected chi connectivity index (χ3v) is 4.44. The predicted octanol–water partition coefficient (Wildman–Crippen LogP) is 4.12. The number of benzene rings is 2. The van der Waals surface area contributed by atoms with E-state index in [2.05, 4.69) is 5.32 Å². The number of amides is 2. The summed E-state index contributed by atoms with van der Waals surface area (Å²) in [5, 5.41) is 3.26.